The number of methoxy groups -OCH3 is 1. The van der Waals surface area contributed by atoms with E-state index in [1.165, 1.54) is 13.2 Å². The zero-order chi connectivity index (χ0) is 16.0. The van der Waals surface area contributed by atoms with Crippen LogP contribution in [0.2, 0.25) is 5.02 Å². The molecule has 120 valence electrons. The summed E-state index contributed by atoms with van der Waals surface area (Å²) in [4.78, 5) is -0.404. The van der Waals surface area contributed by atoms with Crippen LogP contribution in [0, 0.1) is 5.82 Å². The lowest BCUT2D eigenvalue weighted by atomic mass is 10.2. The Bertz CT molecular complexity index is 581. The molecule has 0 fully saturated rings. The Labute approximate surface area is 130 Å². The minimum Gasteiger partial charge on any atom is -0.383 e. The number of ether oxygens (including phenoxy) is 1. The summed E-state index contributed by atoms with van der Waals surface area (Å²) in [5, 5.41) is 2.96. The van der Waals surface area contributed by atoms with Crippen molar-refractivity contribution in [1.29, 1.82) is 0 Å². The maximum Gasteiger partial charge on any atom is 0.246 e. The van der Waals surface area contributed by atoms with Crippen LogP contribution in [0.25, 0.3) is 0 Å². The Balaban J connectivity index is 3.29. The van der Waals surface area contributed by atoms with E-state index in [4.69, 9.17) is 16.3 Å². The van der Waals surface area contributed by atoms with Crippen molar-refractivity contribution < 1.29 is 17.5 Å². The largest absolute Gasteiger partial charge is 0.383 e. The van der Waals surface area contributed by atoms with Crippen LogP contribution in [0.3, 0.4) is 0 Å². The molecule has 0 saturated heterocycles. The fourth-order valence-electron chi connectivity index (χ4n) is 1.91. The smallest absolute Gasteiger partial charge is 0.246 e. The third kappa shape index (κ3) is 4.37. The van der Waals surface area contributed by atoms with Crippen LogP contribution in [0.1, 0.15) is 12.5 Å². The molecule has 1 aromatic carbocycles. The van der Waals surface area contributed by atoms with Gasteiger partial charge in [0.25, 0.3) is 0 Å². The molecular weight excluding hydrogens is 319 g/mol. The van der Waals surface area contributed by atoms with Crippen molar-refractivity contribution in [3.8, 4) is 0 Å². The van der Waals surface area contributed by atoms with Crippen molar-refractivity contribution >= 4 is 21.6 Å². The van der Waals surface area contributed by atoms with Gasteiger partial charge in [-0.15, -0.1) is 0 Å². The number of nitrogens with zero attached hydrogens (tertiary/aromatic N) is 1. The highest BCUT2D eigenvalue weighted by molar-refractivity contribution is 7.89. The van der Waals surface area contributed by atoms with Crippen LogP contribution < -0.4 is 5.32 Å². The topological polar surface area (TPSA) is 58.6 Å². The molecule has 0 unspecified atom stereocenters. The number of rotatable bonds is 8. The normalized spacial score (nSPS) is 12.1. The molecule has 0 bridgehead atoms. The predicted molar refractivity (Wildman–Crippen MR) is 80.5 cm³/mol. The molecule has 0 aliphatic heterocycles. The number of benzene rings is 1. The highest BCUT2D eigenvalue weighted by Gasteiger charge is 2.28. The van der Waals surface area contributed by atoms with Gasteiger partial charge in [-0.2, -0.15) is 4.31 Å². The van der Waals surface area contributed by atoms with Gasteiger partial charge in [0.05, 0.1) is 6.61 Å². The minimum atomic E-state index is -3.95. The van der Waals surface area contributed by atoms with Gasteiger partial charge in [0.15, 0.2) is 0 Å². The SMILES string of the molecule is CCN(CCOC)S(=O)(=O)c1cc(Cl)cc(CNC)c1F. The number of likely N-dealkylation sites (N-methyl/N-ethyl adjacent to an activating group) is 1. The van der Waals surface area contributed by atoms with E-state index >= 15 is 0 Å². The molecule has 0 heterocycles. The van der Waals surface area contributed by atoms with Crippen molar-refractivity contribution in [3.05, 3.63) is 28.5 Å². The van der Waals surface area contributed by atoms with Gasteiger partial charge in [-0.3, -0.25) is 0 Å². The first-order chi connectivity index (χ1) is 9.88. The van der Waals surface area contributed by atoms with Gasteiger partial charge in [-0.05, 0) is 19.2 Å². The van der Waals surface area contributed by atoms with E-state index in [1.807, 2.05) is 0 Å². The molecule has 0 aromatic heterocycles. The second-order valence-corrected chi connectivity index (χ2v) is 6.74. The van der Waals surface area contributed by atoms with E-state index in [1.54, 1.807) is 14.0 Å². The van der Waals surface area contributed by atoms with Gasteiger partial charge in [-0.1, -0.05) is 18.5 Å². The van der Waals surface area contributed by atoms with Crippen molar-refractivity contribution in [1.82, 2.24) is 9.62 Å². The predicted octanol–water partition coefficient (Wildman–Crippen LogP) is 1.86. The van der Waals surface area contributed by atoms with Gasteiger partial charge < -0.3 is 10.1 Å². The third-order valence-electron chi connectivity index (χ3n) is 2.96. The molecule has 21 heavy (non-hydrogen) atoms. The van der Waals surface area contributed by atoms with Crippen LogP contribution >= 0.6 is 11.6 Å². The Morgan fingerprint density at radius 1 is 1.43 bits per heavy atom. The van der Waals surface area contributed by atoms with Crippen molar-refractivity contribution in [3.63, 3.8) is 0 Å². The lowest BCUT2D eigenvalue weighted by Crippen LogP contribution is -2.34. The van der Waals surface area contributed by atoms with E-state index in [2.05, 4.69) is 5.32 Å². The minimum absolute atomic E-state index is 0.155. The molecule has 0 aliphatic rings. The Kier molecular flexibility index (Phi) is 7.02. The molecule has 1 rings (SSSR count). The lowest BCUT2D eigenvalue weighted by Gasteiger charge is -2.21. The first kappa shape index (κ1) is 18.3. The van der Waals surface area contributed by atoms with E-state index in [0.29, 0.717) is 0 Å². The molecular formula is C13H20ClFN2O3S. The molecule has 5 nitrogen and oxygen atoms in total. The molecule has 8 heteroatoms. The van der Waals surface area contributed by atoms with Crippen molar-refractivity contribution in [2.75, 3.05) is 33.9 Å². The van der Waals surface area contributed by atoms with E-state index in [-0.39, 0.29) is 36.8 Å². The number of halogens is 2. The number of nitrogens with one attached hydrogen (secondary N) is 1. The summed E-state index contributed by atoms with van der Waals surface area (Å²) in [6.45, 7) is 2.49. The summed E-state index contributed by atoms with van der Waals surface area (Å²) in [5.41, 5.74) is 0.214. The molecule has 0 aliphatic carbocycles. The number of hydrogen-bond acceptors (Lipinski definition) is 4. The summed E-state index contributed by atoms with van der Waals surface area (Å²) < 4.78 is 45.6. The summed E-state index contributed by atoms with van der Waals surface area (Å²) in [6, 6.07) is 2.55. The standard InChI is InChI=1S/C13H20ClFN2O3S/c1-4-17(5-6-20-3)21(18,19)12-8-11(14)7-10(9-16-2)13(12)15/h7-8,16H,4-6,9H2,1-3H3. The Morgan fingerprint density at radius 2 is 2.10 bits per heavy atom. The molecule has 0 atom stereocenters. The molecule has 1 N–H and O–H groups in total. The number of sulfonamides is 1. The fraction of sp³-hybridized carbons (Fsp3) is 0.538. The van der Waals surface area contributed by atoms with Gasteiger partial charge in [0, 0.05) is 37.3 Å². The third-order valence-corrected chi connectivity index (χ3v) is 5.15. The van der Waals surface area contributed by atoms with E-state index in [0.717, 1.165) is 10.4 Å². The maximum absolute atomic E-state index is 14.4. The summed E-state index contributed by atoms with van der Waals surface area (Å²) in [6.07, 6.45) is 0. The Hall–Kier alpha value is -0.730. The van der Waals surface area contributed by atoms with Crippen molar-refractivity contribution in [2.24, 2.45) is 0 Å². The first-order valence-corrected chi connectivity index (χ1v) is 8.31. The van der Waals surface area contributed by atoms with E-state index < -0.39 is 20.7 Å². The summed E-state index contributed by atoms with van der Waals surface area (Å²) >= 11 is 5.91. The van der Waals surface area contributed by atoms with Gasteiger partial charge in [0.2, 0.25) is 10.0 Å². The summed E-state index contributed by atoms with van der Waals surface area (Å²) in [5.74, 6) is -0.774. The van der Waals surface area contributed by atoms with Gasteiger partial charge >= 0.3 is 0 Å². The van der Waals surface area contributed by atoms with Crippen LogP contribution in [0.15, 0.2) is 17.0 Å². The molecule has 0 saturated carbocycles. The molecule has 0 radical (unpaired) electrons. The van der Waals surface area contributed by atoms with Crippen LogP contribution in [0.4, 0.5) is 4.39 Å². The fourth-order valence-corrected chi connectivity index (χ4v) is 3.78. The van der Waals surface area contributed by atoms with Gasteiger partial charge in [-0.25, -0.2) is 12.8 Å². The van der Waals surface area contributed by atoms with E-state index in [9.17, 15) is 12.8 Å². The highest BCUT2D eigenvalue weighted by Crippen LogP contribution is 2.26. The first-order valence-electron chi connectivity index (χ1n) is 6.50. The number of hydrogen-bond donors (Lipinski definition) is 1. The average Bonchev–Trinajstić information content (AvgIpc) is 2.43. The second-order valence-electron chi connectivity index (χ2n) is 4.40. The lowest BCUT2D eigenvalue weighted by molar-refractivity contribution is 0.180. The van der Waals surface area contributed by atoms with Crippen LogP contribution in [-0.4, -0.2) is 46.6 Å². The molecule has 1 aromatic rings. The van der Waals surface area contributed by atoms with Crippen LogP contribution in [-0.2, 0) is 21.3 Å². The monoisotopic (exact) mass is 338 g/mol. The van der Waals surface area contributed by atoms with Crippen molar-refractivity contribution in [2.45, 2.75) is 18.4 Å². The second kappa shape index (κ2) is 8.05. The molecule has 0 spiro atoms. The quantitative estimate of drug-likeness (QED) is 0.786. The summed E-state index contributed by atoms with van der Waals surface area (Å²) in [7, 11) is -0.829. The zero-order valence-electron chi connectivity index (χ0n) is 12.3. The molecule has 0 amide bonds. The van der Waals surface area contributed by atoms with Crippen LogP contribution in [0.5, 0.6) is 0 Å². The van der Waals surface area contributed by atoms with Gasteiger partial charge in [0.1, 0.15) is 10.7 Å². The Morgan fingerprint density at radius 3 is 2.62 bits per heavy atom. The zero-order valence-corrected chi connectivity index (χ0v) is 13.9. The maximum atomic E-state index is 14.4. The average molecular weight is 339 g/mol. The highest BCUT2D eigenvalue weighted by atomic mass is 35.5.